The van der Waals surface area contributed by atoms with Gasteiger partial charge < -0.3 is 5.32 Å². The van der Waals surface area contributed by atoms with Gasteiger partial charge in [0.1, 0.15) is 11.5 Å². The molecule has 0 aliphatic rings. The number of carbonyl (C=O) groups excluding carboxylic acids is 1. The van der Waals surface area contributed by atoms with Gasteiger partial charge in [-0.05, 0) is 12.0 Å². The first-order valence-corrected chi connectivity index (χ1v) is 7.52. The lowest BCUT2D eigenvalue weighted by Crippen LogP contribution is -2.16. The van der Waals surface area contributed by atoms with Gasteiger partial charge in [0.15, 0.2) is 0 Å². The molecule has 0 spiro atoms. The summed E-state index contributed by atoms with van der Waals surface area (Å²) in [5.74, 6) is 0.474. The fourth-order valence-corrected chi connectivity index (χ4v) is 2.53. The number of anilines is 1. The Labute approximate surface area is 126 Å². The Bertz CT molecular complexity index is 706. The summed E-state index contributed by atoms with van der Waals surface area (Å²) in [6.07, 6.45) is 2.55. The number of hydrogen-bond acceptors (Lipinski definition) is 4. The summed E-state index contributed by atoms with van der Waals surface area (Å²) in [7, 11) is 0. The Morgan fingerprint density at radius 1 is 1.24 bits per heavy atom. The van der Waals surface area contributed by atoms with E-state index in [-0.39, 0.29) is 5.91 Å². The summed E-state index contributed by atoms with van der Waals surface area (Å²) in [4.78, 5) is 16.0. The molecule has 1 aromatic carbocycles. The van der Waals surface area contributed by atoms with Crippen LogP contribution in [-0.4, -0.2) is 20.7 Å². The summed E-state index contributed by atoms with van der Waals surface area (Å²) >= 11 is 1.40. The first-order valence-electron chi connectivity index (χ1n) is 6.58. The van der Waals surface area contributed by atoms with E-state index in [1.165, 1.54) is 16.9 Å². The summed E-state index contributed by atoms with van der Waals surface area (Å²) < 4.78 is 1.79. The summed E-state index contributed by atoms with van der Waals surface area (Å²) in [6.45, 7) is 0.712. The normalized spacial score (nSPS) is 10.5. The van der Waals surface area contributed by atoms with Crippen LogP contribution in [0.4, 0.5) is 5.82 Å². The third kappa shape index (κ3) is 3.35. The van der Waals surface area contributed by atoms with E-state index in [1.807, 2.05) is 18.2 Å². The van der Waals surface area contributed by atoms with E-state index >= 15 is 0 Å². The Morgan fingerprint density at radius 2 is 2.10 bits per heavy atom. The number of amides is 1. The van der Waals surface area contributed by atoms with E-state index in [1.54, 1.807) is 27.8 Å². The number of rotatable bonds is 5. The first-order chi connectivity index (χ1) is 10.3. The van der Waals surface area contributed by atoms with Crippen LogP contribution in [0.1, 0.15) is 16.1 Å². The minimum atomic E-state index is -0.210. The Kier molecular flexibility index (Phi) is 4.07. The molecular weight excluding hydrogens is 284 g/mol. The minimum absolute atomic E-state index is 0.210. The van der Waals surface area contributed by atoms with Gasteiger partial charge in [0.25, 0.3) is 5.91 Å². The van der Waals surface area contributed by atoms with E-state index in [9.17, 15) is 4.79 Å². The number of aromatic nitrogens is 3. The topological polar surface area (TPSA) is 59.8 Å². The van der Waals surface area contributed by atoms with Crippen LogP contribution in [0.25, 0.3) is 0 Å². The third-order valence-electron chi connectivity index (χ3n) is 3.08. The zero-order valence-electron chi connectivity index (χ0n) is 11.3. The van der Waals surface area contributed by atoms with Crippen molar-refractivity contribution in [2.24, 2.45) is 0 Å². The molecular formula is C15H14N4OS. The van der Waals surface area contributed by atoms with Gasteiger partial charge in [-0.3, -0.25) is 4.79 Å². The molecule has 0 aliphatic carbocycles. The van der Waals surface area contributed by atoms with Crippen molar-refractivity contribution in [1.82, 2.24) is 14.8 Å². The summed E-state index contributed by atoms with van der Waals surface area (Å²) in [6, 6.07) is 12.0. The van der Waals surface area contributed by atoms with Crippen LogP contribution < -0.4 is 5.32 Å². The number of hydrogen-bond donors (Lipinski definition) is 1. The van der Waals surface area contributed by atoms with Gasteiger partial charge in [-0.15, -0.1) is 11.3 Å². The fourth-order valence-electron chi connectivity index (χ4n) is 2.00. The lowest BCUT2D eigenvalue weighted by atomic mass is 10.1. The molecule has 0 saturated heterocycles. The van der Waals surface area contributed by atoms with Crippen molar-refractivity contribution in [3.8, 4) is 0 Å². The molecule has 2 heterocycles. The minimum Gasteiger partial charge on any atom is -0.305 e. The van der Waals surface area contributed by atoms with Crippen molar-refractivity contribution in [3.63, 3.8) is 0 Å². The van der Waals surface area contributed by atoms with Gasteiger partial charge in [-0.1, -0.05) is 30.3 Å². The highest BCUT2D eigenvalue weighted by Crippen LogP contribution is 2.11. The average Bonchev–Trinajstić information content (AvgIpc) is 3.18. The molecule has 106 valence electrons. The molecule has 0 saturated carbocycles. The second-order valence-corrected chi connectivity index (χ2v) is 5.22. The molecule has 6 heteroatoms. The number of carbonyl (C=O) groups is 1. The molecule has 0 aliphatic heterocycles. The van der Waals surface area contributed by atoms with Crippen molar-refractivity contribution in [1.29, 1.82) is 0 Å². The Balaban J connectivity index is 1.65. The maximum atomic E-state index is 12.0. The SMILES string of the molecule is O=C(Nc1ccnn1CCc1ccccc1)c1cscn1. The van der Waals surface area contributed by atoms with Gasteiger partial charge in [-0.25, -0.2) is 9.67 Å². The molecule has 0 unspecified atom stereocenters. The van der Waals surface area contributed by atoms with Gasteiger partial charge in [0.2, 0.25) is 0 Å². The maximum absolute atomic E-state index is 12.0. The lowest BCUT2D eigenvalue weighted by molar-refractivity contribution is 0.102. The Hall–Kier alpha value is -2.47. The number of nitrogens with one attached hydrogen (secondary N) is 1. The number of aryl methyl sites for hydroxylation is 2. The predicted molar refractivity (Wildman–Crippen MR) is 82.4 cm³/mol. The molecule has 0 fully saturated rings. The summed E-state index contributed by atoms with van der Waals surface area (Å²) in [5, 5.41) is 8.81. The average molecular weight is 298 g/mol. The van der Waals surface area contributed by atoms with Gasteiger partial charge in [-0.2, -0.15) is 5.10 Å². The molecule has 2 aromatic heterocycles. The van der Waals surface area contributed by atoms with Crippen molar-refractivity contribution in [3.05, 3.63) is 64.7 Å². The summed E-state index contributed by atoms with van der Waals surface area (Å²) in [5.41, 5.74) is 3.31. The van der Waals surface area contributed by atoms with E-state index < -0.39 is 0 Å². The number of thiazole rings is 1. The molecule has 3 rings (SSSR count). The van der Waals surface area contributed by atoms with E-state index in [0.29, 0.717) is 18.1 Å². The second kappa shape index (κ2) is 6.32. The smallest absolute Gasteiger partial charge is 0.276 e. The third-order valence-corrected chi connectivity index (χ3v) is 3.66. The lowest BCUT2D eigenvalue weighted by Gasteiger charge is -2.08. The quantitative estimate of drug-likeness (QED) is 0.788. The van der Waals surface area contributed by atoms with Gasteiger partial charge >= 0.3 is 0 Å². The molecule has 0 radical (unpaired) electrons. The van der Waals surface area contributed by atoms with E-state index in [0.717, 1.165) is 6.42 Å². The van der Waals surface area contributed by atoms with Gasteiger partial charge in [0.05, 0.1) is 11.7 Å². The van der Waals surface area contributed by atoms with Crippen molar-refractivity contribution in [2.75, 3.05) is 5.32 Å². The van der Waals surface area contributed by atoms with Crippen LogP contribution in [0.5, 0.6) is 0 Å². The molecule has 5 nitrogen and oxygen atoms in total. The van der Waals surface area contributed by atoms with Crippen molar-refractivity contribution in [2.45, 2.75) is 13.0 Å². The fraction of sp³-hybridized carbons (Fsp3) is 0.133. The molecule has 3 aromatic rings. The second-order valence-electron chi connectivity index (χ2n) is 4.50. The van der Waals surface area contributed by atoms with E-state index in [4.69, 9.17) is 0 Å². The molecule has 0 atom stereocenters. The van der Waals surface area contributed by atoms with Crippen LogP contribution in [0, 0.1) is 0 Å². The van der Waals surface area contributed by atoms with Gasteiger partial charge in [0, 0.05) is 18.0 Å². The molecule has 0 bridgehead atoms. The molecule has 21 heavy (non-hydrogen) atoms. The number of benzene rings is 1. The standard InChI is InChI=1S/C15H14N4OS/c20-15(13-10-21-11-16-13)18-14-6-8-17-19(14)9-7-12-4-2-1-3-5-12/h1-6,8,10-11H,7,9H2,(H,18,20). The first kappa shape index (κ1) is 13.5. The predicted octanol–water partition coefficient (Wildman–Crippen LogP) is 2.83. The molecule has 1 N–H and O–H groups in total. The zero-order valence-corrected chi connectivity index (χ0v) is 12.1. The highest BCUT2D eigenvalue weighted by Gasteiger charge is 2.11. The van der Waals surface area contributed by atoms with Crippen LogP contribution >= 0.6 is 11.3 Å². The van der Waals surface area contributed by atoms with Crippen molar-refractivity contribution < 1.29 is 4.79 Å². The van der Waals surface area contributed by atoms with Crippen LogP contribution in [0.15, 0.2) is 53.5 Å². The van der Waals surface area contributed by atoms with E-state index in [2.05, 4.69) is 27.5 Å². The van der Waals surface area contributed by atoms with Crippen molar-refractivity contribution >= 4 is 23.1 Å². The zero-order chi connectivity index (χ0) is 14.5. The highest BCUT2D eigenvalue weighted by atomic mass is 32.1. The monoisotopic (exact) mass is 298 g/mol. The largest absolute Gasteiger partial charge is 0.305 e. The highest BCUT2D eigenvalue weighted by molar-refractivity contribution is 7.07. The molecule has 1 amide bonds. The number of nitrogens with zero attached hydrogens (tertiary/aromatic N) is 3. The van der Waals surface area contributed by atoms with Crippen LogP contribution in [0.3, 0.4) is 0 Å². The van der Waals surface area contributed by atoms with Crippen LogP contribution in [0.2, 0.25) is 0 Å². The maximum Gasteiger partial charge on any atom is 0.276 e. The van der Waals surface area contributed by atoms with Crippen LogP contribution in [-0.2, 0) is 13.0 Å². The Morgan fingerprint density at radius 3 is 2.86 bits per heavy atom.